The van der Waals surface area contributed by atoms with Crippen molar-refractivity contribution in [2.75, 3.05) is 6.54 Å². The first-order chi connectivity index (χ1) is 5.36. The van der Waals surface area contributed by atoms with E-state index in [0.29, 0.717) is 3.92 Å². The Morgan fingerprint density at radius 1 is 1.36 bits per heavy atom. The van der Waals surface area contributed by atoms with Gasteiger partial charge in [0.25, 0.3) is 0 Å². The SMILES string of the molecule is IC1C[N]c2ccccc2C1. The summed E-state index contributed by atoms with van der Waals surface area (Å²) in [4.78, 5) is 0. The topological polar surface area (TPSA) is 14.1 Å². The molecule has 0 aliphatic carbocycles. The lowest BCUT2D eigenvalue weighted by Gasteiger charge is -2.19. The molecular weight excluding hydrogens is 249 g/mol. The van der Waals surface area contributed by atoms with Crippen molar-refractivity contribution >= 4 is 28.3 Å². The number of fused-ring (bicyclic) bond motifs is 1. The molecule has 57 valence electrons. The van der Waals surface area contributed by atoms with Crippen LogP contribution in [-0.4, -0.2) is 10.5 Å². The summed E-state index contributed by atoms with van der Waals surface area (Å²) >= 11 is 2.46. The molecule has 0 fully saturated rings. The van der Waals surface area contributed by atoms with Gasteiger partial charge in [0.2, 0.25) is 0 Å². The monoisotopic (exact) mass is 258 g/mol. The van der Waals surface area contributed by atoms with Crippen LogP contribution in [0, 0.1) is 0 Å². The number of nitrogens with zero attached hydrogens (tertiary/aromatic N) is 1. The highest BCUT2D eigenvalue weighted by molar-refractivity contribution is 14.1. The van der Waals surface area contributed by atoms with E-state index in [2.05, 4.69) is 52.2 Å². The van der Waals surface area contributed by atoms with Gasteiger partial charge in [0.15, 0.2) is 0 Å². The molecule has 0 aromatic heterocycles. The van der Waals surface area contributed by atoms with Crippen molar-refractivity contribution in [1.82, 2.24) is 5.32 Å². The molecule has 2 rings (SSSR count). The highest BCUT2D eigenvalue weighted by Crippen LogP contribution is 2.24. The van der Waals surface area contributed by atoms with Gasteiger partial charge < -0.3 is 0 Å². The summed E-state index contributed by atoms with van der Waals surface area (Å²) in [7, 11) is 0. The second kappa shape index (κ2) is 3.01. The number of hydrogen-bond acceptors (Lipinski definition) is 0. The normalized spacial score (nSPS) is 22.1. The first-order valence-corrected chi connectivity index (χ1v) is 5.00. The predicted octanol–water partition coefficient (Wildman–Crippen LogP) is 2.28. The lowest BCUT2D eigenvalue weighted by molar-refractivity contribution is 0.739. The average Bonchev–Trinajstić information content (AvgIpc) is 2.04. The van der Waals surface area contributed by atoms with Crippen LogP contribution in [0.25, 0.3) is 0 Å². The zero-order chi connectivity index (χ0) is 7.68. The second-order valence-electron chi connectivity index (χ2n) is 2.77. The van der Waals surface area contributed by atoms with Gasteiger partial charge in [0.05, 0.1) is 12.2 Å². The summed E-state index contributed by atoms with van der Waals surface area (Å²) in [5, 5.41) is 4.47. The van der Waals surface area contributed by atoms with E-state index < -0.39 is 0 Å². The zero-order valence-electron chi connectivity index (χ0n) is 6.13. The molecule has 1 heterocycles. The number of alkyl halides is 1. The molecule has 1 aromatic rings. The van der Waals surface area contributed by atoms with E-state index in [-0.39, 0.29) is 0 Å². The van der Waals surface area contributed by atoms with Gasteiger partial charge in [-0.1, -0.05) is 40.8 Å². The Hall–Kier alpha value is -0.250. The molecule has 0 spiro atoms. The number of para-hydroxylation sites is 1. The largest absolute Gasteiger partial charge is 0.284 e. The number of halogens is 1. The predicted molar refractivity (Wildman–Crippen MR) is 54.6 cm³/mol. The second-order valence-corrected chi connectivity index (χ2v) is 4.53. The fourth-order valence-corrected chi connectivity index (χ4v) is 2.01. The summed E-state index contributed by atoms with van der Waals surface area (Å²) in [5.74, 6) is 0. The van der Waals surface area contributed by atoms with E-state index >= 15 is 0 Å². The summed E-state index contributed by atoms with van der Waals surface area (Å²) in [5.41, 5.74) is 2.60. The molecule has 0 saturated carbocycles. The van der Waals surface area contributed by atoms with Gasteiger partial charge in [0, 0.05) is 3.92 Å². The fraction of sp³-hybridized carbons (Fsp3) is 0.333. The van der Waals surface area contributed by atoms with Gasteiger partial charge >= 0.3 is 0 Å². The van der Waals surface area contributed by atoms with Gasteiger partial charge in [-0.25, -0.2) is 0 Å². The van der Waals surface area contributed by atoms with Crippen LogP contribution in [0.5, 0.6) is 0 Å². The highest BCUT2D eigenvalue weighted by atomic mass is 127. The fourth-order valence-electron chi connectivity index (χ4n) is 1.34. The third-order valence-corrected chi connectivity index (χ3v) is 2.73. The first-order valence-electron chi connectivity index (χ1n) is 3.76. The van der Waals surface area contributed by atoms with Gasteiger partial charge in [-0.15, -0.1) is 0 Å². The molecular formula is C9H9IN. The van der Waals surface area contributed by atoms with Crippen molar-refractivity contribution < 1.29 is 0 Å². The van der Waals surface area contributed by atoms with Crippen LogP contribution in [-0.2, 0) is 6.42 Å². The van der Waals surface area contributed by atoms with Crippen LogP contribution >= 0.6 is 22.6 Å². The molecule has 1 aliphatic heterocycles. The maximum Gasteiger partial charge on any atom is 0.0607 e. The number of hydrogen-bond donors (Lipinski definition) is 0. The van der Waals surface area contributed by atoms with Gasteiger partial charge in [0.1, 0.15) is 0 Å². The van der Waals surface area contributed by atoms with Gasteiger partial charge in [-0.3, -0.25) is 5.32 Å². The molecule has 2 heteroatoms. The molecule has 0 N–H and O–H groups in total. The van der Waals surface area contributed by atoms with Crippen LogP contribution in [0.1, 0.15) is 5.56 Å². The quantitative estimate of drug-likeness (QED) is 0.500. The van der Waals surface area contributed by atoms with E-state index in [1.807, 2.05) is 0 Å². The van der Waals surface area contributed by atoms with Crippen molar-refractivity contribution in [2.45, 2.75) is 10.3 Å². The summed E-state index contributed by atoms with van der Waals surface area (Å²) in [6.07, 6.45) is 1.18. The van der Waals surface area contributed by atoms with Crippen LogP contribution in [0.2, 0.25) is 0 Å². The van der Waals surface area contributed by atoms with Crippen molar-refractivity contribution in [2.24, 2.45) is 0 Å². The Bertz CT molecular complexity index is 259. The third kappa shape index (κ3) is 1.50. The first kappa shape index (κ1) is 7.40. The minimum absolute atomic E-state index is 0.697. The van der Waals surface area contributed by atoms with Crippen molar-refractivity contribution in [3.63, 3.8) is 0 Å². The maximum absolute atomic E-state index is 4.47. The molecule has 1 radical (unpaired) electrons. The van der Waals surface area contributed by atoms with Crippen LogP contribution < -0.4 is 5.32 Å². The van der Waals surface area contributed by atoms with Crippen LogP contribution in [0.4, 0.5) is 5.69 Å². The number of benzene rings is 1. The molecule has 0 bridgehead atoms. The minimum atomic E-state index is 0.697. The minimum Gasteiger partial charge on any atom is -0.284 e. The highest BCUT2D eigenvalue weighted by Gasteiger charge is 2.15. The Morgan fingerprint density at radius 3 is 3.09 bits per heavy atom. The lowest BCUT2D eigenvalue weighted by atomic mass is 10.0. The maximum atomic E-state index is 4.47. The Kier molecular flexibility index (Phi) is 2.02. The van der Waals surface area contributed by atoms with Crippen LogP contribution in [0.3, 0.4) is 0 Å². The van der Waals surface area contributed by atoms with Gasteiger partial charge in [-0.05, 0) is 18.1 Å². The van der Waals surface area contributed by atoms with Crippen molar-refractivity contribution in [3.8, 4) is 0 Å². The van der Waals surface area contributed by atoms with Crippen molar-refractivity contribution in [1.29, 1.82) is 0 Å². The Labute approximate surface area is 80.3 Å². The molecule has 11 heavy (non-hydrogen) atoms. The summed E-state index contributed by atoms with van der Waals surface area (Å²) in [6.45, 7) is 0.984. The van der Waals surface area contributed by atoms with Crippen LogP contribution in [0.15, 0.2) is 24.3 Å². The average molecular weight is 258 g/mol. The molecule has 1 aromatic carbocycles. The number of rotatable bonds is 0. The molecule has 1 unspecified atom stereocenters. The van der Waals surface area contributed by atoms with Gasteiger partial charge in [-0.2, -0.15) is 0 Å². The summed E-state index contributed by atoms with van der Waals surface area (Å²) in [6, 6.07) is 8.40. The van der Waals surface area contributed by atoms with E-state index in [1.165, 1.54) is 17.7 Å². The summed E-state index contributed by atoms with van der Waals surface area (Å²) < 4.78 is 0.697. The molecule has 0 saturated heterocycles. The lowest BCUT2D eigenvalue weighted by Crippen LogP contribution is -2.21. The van der Waals surface area contributed by atoms with E-state index in [9.17, 15) is 0 Å². The molecule has 1 aliphatic rings. The van der Waals surface area contributed by atoms with Crippen molar-refractivity contribution in [3.05, 3.63) is 29.8 Å². The van der Waals surface area contributed by atoms with E-state index in [0.717, 1.165) is 6.54 Å². The third-order valence-electron chi connectivity index (χ3n) is 1.89. The molecule has 0 amide bonds. The smallest absolute Gasteiger partial charge is 0.0607 e. The zero-order valence-corrected chi connectivity index (χ0v) is 8.28. The molecule has 1 atom stereocenters. The Balaban J connectivity index is 2.34. The standard InChI is InChI=1S/C9H9IN/c10-8-5-7-3-1-2-4-9(7)11-6-8/h1-4,8H,5-6H2. The Morgan fingerprint density at radius 2 is 2.18 bits per heavy atom. The van der Waals surface area contributed by atoms with E-state index in [1.54, 1.807) is 0 Å². The van der Waals surface area contributed by atoms with E-state index in [4.69, 9.17) is 0 Å². The molecule has 1 nitrogen and oxygen atoms in total.